The summed E-state index contributed by atoms with van der Waals surface area (Å²) in [6.45, 7) is 3.94. The molecule has 0 saturated carbocycles. The van der Waals surface area contributed by atoms with E-state index >= 15 is 0 Å². The lowest BCUT2D eigenvalue weighted by Crippen LogP contribution is -2.13. The Morgan fingerprint density at radius 2 is 2.00 bits per heavy atom. The number of nitrogens with one attached hydrogen (secondary N) is 1. The molecular formula is C20H24N2O4S. The molecule has 144 valence electrons. The standard InChI is InChI=1S/C20H24N2O4S/c1-4-27-20-10-8-16(13-21-20)22-19(24)6-5-11-26-17-9-7-15(14(2)23)12-18(17)25-3/h7-10,12-13H,4-6,11H2,1-3H3,(H,22,24). The first-order valence-electron chi connectivity index (χ1n) is 8.74. The lowest BCUT2D eigenvalue weighted by atomic mass is 10.1. The van der Waals surface area contributed by atoms with E-state index in [1.807, 2.05) is 12.1 Å². The van der Waals surface area contributed by atoms with Crippen LogP contribution >= 0.6 is 11.8 Å². The lowest BCUT2D eigenvalue weighted by molar-refractivity contribution is -0.116. The number of anilines is 1. The van der Waals surface area contributed by atoms with Crippen LogP contribution in [0.1, 0.15) is 37.0 Å². The molecule has 2 rings (SSSR count). The van der Waals surface area contributed by atoms with E-state index in [1.54, 1.807) is 36.2 Å². The van der Waals surface area contributed by atoms with Gasteiger partial charge in [0.2, 0.25) is 5.91 Å². The van der Waals surface area contributed by atoms with Gasteiger partial charge in [0.1, 0.15) is 0 Å². The number of benzene rings is 1. The summed E-state index contributed by atoms with van der Waals surface area (Å²) >= 11 is 1.65. The molecule has 0 bridgehead atoms. The van der Waals surface area contributed by atoms with Crippen molar-refractivity contribution in [3.63, 3.8) is 0 Å². The van der Waals surface area contributed by atoms with E-state index in [9.17, 15) is 9.59 Å². The third kappa shape index (κ3) is 6.60. The molecule has 27 heavy (non-hydrogen) atoms. The summed E-state index contributed by atoms with van der Waals surface area (Å²) in [6, 6.07) is 8.79. The highest BCUT2D eigenvalue weighted by atomic mass is 32.2. The van der Waals surface area contributed by atoms with Crippen LogP contribution in [0.3, 0.4) is 0 Å². The quantitative estimate of drug-likeness (QED) is 0.373. The van der Waals surface area contributed by atoms with E-state index in [0.717, 1.165) is 10.8 Å². The summed E-state index contributed by atoms with van der Waals surface area (Å²) in [5, 5.41) is 3.76. The number of carbonyl (C=O) groups excluding carboxylic acids is 2. The van der Waals surface area contributed by atoms with Gasteiger partial charge >= 0.3 is 0 Å². The van der Waals surface area contributed by atoms with Crippen LogP contribution in [-0.2, 0) is 4.79 Å². The number of hydrogen-bond acceptors (Lipinski definition) is 6. The van der Waals surface area contributed by atoms with Crippen LogP contribution in [-0.4, -0.2) is 36.1 Å². The third-order valence-corrected chi connectivity index (χ3v) is 4.51. The molecule has 2 aromatic rings. The molecule has 0 saturated heterocycles. The lowest BCUT2D eigenvalue weighted by Gasteiger charge is -2.11. The van der Waals surface area contributed by atoms with E-state index in [4.69, 9.17) is 9.47 Å². The molecule has 0 aliphatic carbocycles. The maximum Gasteiger partial charge on any atom is 0.224 e. The first-order chi connectivity index (χ1) is 13.0. The summed E-state index contributed by atoms with van der Waals surface area (Å²) < 4.78 is 10.9. The Labute approximate surface area is 163 Å². The molecular weight excluding hydrogens is 364 g/mol. The van der Waals surface area contributed by atoms with Crippen molar-refractivity contribution in [2.24, 2.45) is 0 Å². The van der Waals surface area contributed by atoms with Gasteiger partial charge in [0.05, 0.1) is 30.6 Å². The Kier molecular flexibility index (Phi) is 8.13. The molecule has 1 aromatic carbocycles. The van der Waals surface area contributed by atoms with Gasteiger partial charge in [0.25, 0.3) is 0 Å². The molecule has 1 aromatic heterocycles. The zero-order valence-electron chi connectivity index (χ0n) is 15.8. The van der Waals surface area contributed by atoms with Crippen molar-refractivity contribution in [3.05, 3.63) is 42.1 Å². The zero-order chi connectivity index (χ0) is 19.6. The normalized spacial score (nSPS) is 10.3. The molecule has 1 N–H and O–H groups in total. The van der Waals surface area contributed by atoms with Crippen LogP contribution in [0.5, 0.6) is 11.5 Å². The number of Topliss-reactive ketones (excluding diaryl/α,β-unsaturated/α-hetero) is 1. The number of rotatable bonds is 10. The van der Waals surface area contributed by atoms with E-state index in [0.29, 0.717) is 42.2 Å². The predicted octanol–water partition coefficient (Wildman–Crippen LogP) is 4.20. The predicted molar refractivity (Wildman–Crippen MR) is 107 cm³/mol. The summed E-state index contributed by atoms with van der Waals surface area (Å²) in [6.07, 6.45) is 2.55. The average molecular weight is 388 g/mol. The second-order valence-electron chi connectivity index (χ2n) is 5.74. The van der Waals surface area contributed by atoms with Crippen molar-refractivity contribution in [1.82, 2.24) is 4.98 Å². The number of methoxy groups -OCH3 is 1. The highest BCUT2D eigenvalue weighted by molar-refractivity contribution is 7.99. The minimum absolute atomic E-state index is 0.0349. The summed E-state index contributed by atoms with van der Waals surface area (Å²) in [5.74, 6) is 1.89. The second-order valence-corrected chi connectivity index (χ2v) is 7.02. The Morgan fingerprint density at radius 3 is 2.63 bits per heavy atom. The molecule has 0 aliphatic heterocycles. The van der Waals surface area contributed by atoms with Crippen LogP contribution in [0.25, 0.3) is 0 Å². The van der Waals surface area contributed by atoms with Gasteiger partial charge in [0.15, 0.2) is 17.3 Å². The minimum Gasteiger partial charge on any atom is -0.493 e. The number of nitrogens with zero attached hydrogens (tertiary/aromatic N) is 1. The Balaban J connectivity index is 1.77. The number of pyridine rings is 1. The fraction of sp³-hybridized carbons (Fsp3) is 0.350. The smallest absolute Gasteiger partial charge is 0.224 e. The van der Waals surface area contributed by atoms with Crippen molar-refractivity contribution in [3.8, 4) is 11.5 Å². The van der Waals surface area contributed by atoms with Crippen LogP contribution < -0.4 is 14.8 Å². The van der Waals surface area contributed by atoms with E-state index < -0.39 is 0 Å². The third-order valence-electron chi connectivity index (χ3n) is 3.69. The molecule has 1 amide bonds. The minimum atomic E-state index is -0.0878. The highest BCUT2D eigenvalue weighted by Gasteiger charge is 2.09. The van der Waals surface area contributed by atoms with Crippen molar-refractivity contribution < 1.29 is 19.1 Å². The number of amides is 1. The summed E-state index contributed by atoms with van der Waals surface area (Å²) in [5.41, 5.74) is 1.25. The number of thioether (sulfide) groups is 1. The van der Waals surface area contributed by atoms with Gasteiger partial charge in [-0.1, -0.05) is 6.92 Å². The number of ether oxygens (including phenoxy) is 2. The van der Waals surface area contributed by atoms with Gasteiger partial charge in [0, 0.05) is 12.0 Å². The fourth-order valence-corrected chi connectivity index (χ4v) is 2.92. The molecule has 0 atom stereocenters. The highest BCUT2D eigenvalue weighted by Crippen LogP contribution is 2.28. The van der Waals surface area contributed by atoms with Gasteiger partial charge in [-0.3, -0.25) is 9.59 Å². The Bertz CT molecular complexity index is 778. The molecule has 7 heteroatoms. The number of hydrogen-bond donors (Lipinski definition) is 1. The van der Waals surface area contributed by atoms with Crippen LogP contribution in [0.15, 0.2) is 41.6 Å². The average Bonchev–Trinajstić information content (AvgIpc) is 2.67. The zero-order valence-corrected chi connectivity index (χ0v) is 16.6. The van der Waals surface area contributed by atoms with Gasteiger partial charge in [-0.25, -0.2) is 4.98 Å². The van der Waals surface area contributed by atoms with E-state index in [2.05, 4.69) is 17.2 Å². The van der Waals surface area contributed by atoms with Crippen LogP contribution in [0.4, 0.5) is 5.69 Å². The Morgan fingerprint density at radius 1 is 1.19 bits per heavy atom. The largest absolute Gasteiger partial charge is 0.493 e. The van der Waals surface area contributed by atoms with Crippen molar-refractivity contribution in [2.75, 3.05) is 24.8 Å². The monoisotopic (exact) mass is 388 g/mol. The van der Waals surface area contributed by atoms with E-state index in [-0.39, 0.29) is 11.7 Å². The Hall–Kier alpha value is -2.54. The van der Waals surface area contributed by atoms with Gasteiger partial charge in [-0.15, -0.1) is 11.8 Å². The SMILES string of the molecule is CCSc1ccc(NC(=O)CCCOc2ccc(C(C)=O)cc2OC)cn1. The van der Waals surface area contributed by atoms with Gasteiger partial charge in [-0.05, 0) is 49.4 Å². The number of carbonyl (C=O) groups is 2. The van der Waals surface area contributed by atoms with Crippen molar-refractivity contribution in [2.45, 2.75) is 31.7 Å². The second kappa shape index (κ2) is 10.6. The number of aromatic nitrogens is 1. The molecule has 0 unspecified atom stereocenters. The fourth-order valence-electron chi connectivity index (χ4n) is 2.33. The molecule has 0 spiro atoms. The van der Waals surface area contributed by atoms with Crippen molar-refractivity contribution in [1.29, 1.82) is 0 Å². The van der Waals surface area contributed by atoms with Crippen LogP contribution in [0, 0.1) is 0 Å². The summed E-state index contributed by atoms with van der Waals surface area (Å²) in [7, 11) is 1.53. The molecule has 0 fully saturated rings. The maximum atomic E-state index is 12.0. The van der Waals surface area contributed by atoms with Crippen molar-refractivity contribution >= 4 is 29.1 Å². The molecule has 6 nitrogen and oxygen atoms in total. The topological polar surface area (TPSA) is 77.5 Å². The van der Waals surface area contributed by atoms with E-state index in [1.165, 1.54) is 14.0 Å². The number of ketones is 1. The first kappa shape index (κ1) is 20.8. The van der Waals surface area contributed by atoms with Crippen LogP contribution in [0.2, 0.25) is 0 Å². The summed E-state index contributed by atoms with van der Waals surface area (Å²) in [4.78, 5) is 27.7. The molecule has 0 aliphatic rings. The molecule has 1 heterocycles. The van der Waals surface area contributed by atoms with Gasteiger partial charge in [-0.2, -0.15) is 0 Å². The first-order valence-corrected chi connectivity index (χ1v) is 9.72. The maximum absolute atomic E-state index is 12.0. The molecule has 0 radical (unpaired) electrons. The van der Waals surface area contributed by atoms with Gasteiger partial charge < -0.3 is 14.8 Å².